The first-order valence-corrected chi connectivity index (χ1v) is 6.71. The summed E-state index contributed by atoms with van der Waals surface area (Å²) in [7, 11) is 0. The predicted octanol–water partition coefficient (Wildman–Crippen LogP) is 2.61. The van der Waals surface area contributed by atoms with E-state index in [1.54, 1.807) is 30.5 Å². The lowest BCUT2D eigenvalue weighted by Gasteiger charge is -2.08. The molecule has 1 aromatic carbocycles. The van der Waals surface area contributed by atoms with Crippen molar-refractivity contribution in [3.05, 3.63) is 58.4 Å². The van der Waals surface area contributed by atoms with Gasteiger partial charge in [-0.2, -0.15) is 0 Å². The minimum atomic E-state index is -0.307. The molecular weight excluding hydrogens is 286 g/mol. The van der Waals surface area contributed by atoms with E-state index < -0.39 is 0 Å². The summed E-state index contributed by atoms with van der Waals surface area (Å²) in [5.74, 6) is 5.34. The molecule has 0 unspecified atom stereocenters. The molecule has 5 heteroatoms. The van der Waals surface area contributed by atoms with E-state index in [9.17, 15) is 4.79 Å². The highest BCUT2D eigenvalue weighted by Gasteiger charge is 2.12. The van der Waals surface area contributed by atoms with Gasteiger partial charge in [0.15, 0.2) is 0 Å². The maximum atomic E-state index is 12.2. The zero-order valence-electron chi connectivity index (χ0n) is 11.5. The van der Waals surface area contributed by atoms with Gasteiger partial charge in [0.1, 0.15) is 5.69 Å². The Kier molecular flexibility index (Phi) is 4.94. The highest BCUT2D eigenvalue weighted by atomic mass is 35.5. The Bertz CT molecular complexity index is 732. The summed E-state index contributed by atoms with van der Waals surface area (Å²) < 4.78 is 0. The highest BCUT2D eigenvalue weighted by molar-refractivity contribution is 6.34. The molecule has 1 amide bonds. The molecule has 0 aliphatic heterocycles. The summed E-state index contributed by atoms with van der Waals surface area (Å²) in [6, 6.07) is 8.77. The fraction of sp³-hybridized carbons (Fsp3) is 0.125. The van der Waals surface area contributed by atoms with Crippen LogP contribution in [0.5, 0.6) is 0 Å². The highest BCUT2D eigenvalue weighted by Crippen LogP contribution is 2.23. The van der Waals surface area contributed by atoms with E-state index in [0.29, 0.717) is 16.4 Å². The maximum absolute atomic E-state index is 12.2. The lowest BCUT2D eigenvalue weighted by molar-refractivity contribution is 0.102. The number of nitrogens with two attached hydrogens (primary N) is 1. The third kappa shape index (κ3) is 3.82. The minimum Gasteiger partial charge on any atom is -0.320 e. The Morgan fingerprint density at radius 2 is 2.24 bits per heavy atom. The first-order valence-electron chi connectivity index (χ1n) is 6.33. The Labute approximate surface area is 128 Å². The van der Waals surface area contributed by atoms with Crippen LogP contribution in [0.3, 0.4) is 0 Å². The van der Waals surface area contributed by atoms with Gasteiger partial charge in [0.2, 0.25) is 0 Å². The van der Waals surface area contributed by atoms with Crippen molar-refractivity contribution in [1.82, 2.24) is 4.98 Å². The number of benzene rings is 1. The molecule has 2 aromatic rings. The number of pyridine rings is 1. The van der Waals surface area contributed by atoms with Crippen molar-refractivity contribution in [2.75, 3.05) is 11.9 Å². The van der Waals surface area contributed by atoms with E-state index in [1.807, 2.05) is 13.0 Å². The number of carbonyl (C=O) groups excluding carboxylic acids is 1. The van der Waals surface area contributed by atoms with E-state index in [0.717, 1.165) is 11.1 Å². The summed E-state index contributed by atoms with van der Waals surface area (Å²) in [5.41, 5.74) is 7.73. The fourth-order valence-electron chi connectivity index (χ4n) is 1.76. The average Bonchev–Trinajstić information content (AvgIpc) is 2.48. The molecule has 0 fully saturated rings. The zero-order valence-corrected chi connectivity index (χ0v) is 12.2. The SMILES string of the molecule is Cc1cccnc1C(=O)Nc1cc(C#CCN)ccc1Cl. The Morgan fingerprint density at radius 1 is 1.43 bits per heavy atom. The van der Waals surface area contributed by atoms with Crippen LogP contribution in [0.4, 0.5) is 5.69 Å². The van der Waals surface area contributed by atoms with Crippen molar-refractivity contribution < 1.29 is 4.79 Å². The molecule has 0 bridgehead atoms. The number of hydrogen-bond acceptors (Lipinski definition) is 3. The molecule has 0 saturated heterocycles. The molecule has 4 nitrogen and oxygen atoms in total. The lowest BCUT2D eigenvalue weighted by Crippen LogP contribution is -2.15. The fourth-order valence-corrected chi connectivity index (χ4v) is 1.92. The van der Waals surface area contributed by atoms with Gasteiger partial charge in [0.05, 0.1) is 17.3 Å². The van der Waals surface area contributed by atoms with Crippen molar-refractivity contribution in [1.29, 1.82) is 0 Å². The molecule has 0 aliphatic carbocycles. The van der Waals surface area contributed by atoms with Gasteiger partial charge in [-0.1, -0.05) is 29.5 Å². The molecule has 0 saturated carbocycles. The first kappa shape index (κ1) is 15.0. The van der Waals surface area contributed by atoms with Crippen LogP contribution in [0.2, 0.25) is 5.02 Å². The normalized spacial score (nSPS) is 9.67. The van der Waals surface area contributed by atoms with Crippen LogP contribution < -0.4 is 11.1 Å². The predicted molar refractivity (Wildman–Crippen MR) is 84.3 cm³/mol. The second-order valence-corrected chi connectivity index (χ2v) is 4.73. The van der Waals surface area contributed by atoms with Gasteiger partial charge in [0, 0.05) is 11.8 Å². The van der Waals surface area contributed by atoms with Gasteiger partial charge >= 0.3 is 0 Å². The number of carbonyl (C=O) groups is 1. The number of hydrogen-bond donors (Lipinski definition) is 2. The molecule has 106 valence electrons. The van der Waals surface area contributed by atoms with Gasteiger partial charge < -0.3 is 11.1 Å². The van der Waals surface area contributed by atoms with Crippen LogP contribution in [0.15, 0.2) is 36.5 Å². The smallest absolute Gasteiger partial charge is 0.274 e. The monoisotopic (exact) mass is 299 g/mol. The maximum Gasteiger partial charge on any atom is 0.274 e. The van der Waals surface area contributed by atoms with Gasteiger partial charge in [-0.15, -0.1) is 0 Å². The summed E-state index contributed by atoms with van der Waals surface area (Å²) >= 11 is 6.09. The Balaban J connectivity index is 2.27. The van der Waals surface area contributed by atoms with Crippen LogP contribution >= 0.6 is 11.6 Å². The third-order valence-electron chi connectivity index (χ3n) is 2.77. The second kappa shape index (κ2) is 6.89. The van der Waals surface area contributed by atoms with Crippen LogP contribution in [0, 0.1) is 18.8 Å². The second-order valence-electron chi connectivity index (χ2n) is 4.32. The van der Waals surface area contributed by atoms with Gasteiger partial charge in [-0.3, -0.25) is 9.78 Å². The van der Waals surface area contributed by atoms with Crippen LogP contribution in [0.1, 0.15) is 21.6 Å². The molecule has 1 heterocycles. The molecule has 3 N–H and O–H groups in total. The number of aryl methyl sites for hydroxylation is 1. The van der Waals surface area contributed by atoms with Crippen LogP contribution in [0.25, 0.3) is 0 Å². The van der Waals surface area contributed by atoms with Crippen molar-refractivity contribution in [3.8, 4) is 11.8 Å². The number of rotatable bonds is 2. The number of nitrogens with one attached hydrogen (secondary N) is 1. The molecule has 0 aliphatic rings. The molecule has 0 spiro atoms. The van der Waals surface area contributed by atoms with E-state index in [4.69, 9.17) is 17.3 Å². The lowest BCUT2D eigenvalue weighted by atomic mass is 10.1. The average molecular weight is 300 g/mol. The van der Waals surface area contributed by atoms with Gasteiger partial charge in [0.25, 0.3) is 5.91 Å². The summed E-state index contributed by atoms with van der Waals surface area (Å²) in [6.07, 6.45) is 1.58. The summed E-state index contributed by atoms with van der Waals surface area (Å²) in [4.78, 5) is 16.3. The quantitative estimate of drug-likeness (QED) is 0.838. The van der Waals surface area contributed by atoms with Gasteiger partial charge in [-0.05, 0) is 36.8 Å². The van der Waals surface area contributed by atoms with Gasteiger partial charge in [-0.25, -0.2) is 0 Å². The third-order valence-corrected chi connectivity index (χ3v) is 3.10. The number of nitrogens with zero attached hydrogens (tertiary/aromatic N) is 1. The van der Waals surface area contributed by atoms with Crippen molar-refractivity contribution >= 4 is 23.2 Å². The van der Waals surface area contributed by atoms with Crippen LogP contribution in [-0.4, -0.2) is 17.4 Å². The van der Waals surface area contributed by atoms with Crippen molar-refractivity contribution in [2.45, 2.75) is 6.92 Å². The van der Waals surface area contributed by atoms with E-state index >= 15 is 0 Å². The Morgan fingerprint density at radius 3 is 2.95 bits per heavy atom. The molecule has 0 radical (unpaired) electrons. The number of anilines is 1. The molecule has 0 atom stereocenters. The molecular formula is C16H14ClN3O. The number of halogens is 1. The van der Waals surface area contributed by atoms with Crippen LogP contribution in [-0.2, 0) is 0 Å². The molecule has 2 rings (SSSR count). The van der Waals surface area contributed by atoms with Crippen molar-refractivity contribution in [3.63, 3.8) is 0 Å². The van der Waals surface area contributed by atoms with E-state index in [-0.39, 0.29) is 12.5 Å². The zero-order chi connectivity index (χ0) is 15.2. The number of amides is 1. The topological polar surface area (TPSA) is 68.0 Å². The summed E-state index contributed by atoms with van der Waals surface area (Å²) in [6.45, 7) is 2.10. The first-order chi connectivity index (χ1) is 10.1. The standard InChI is InChI=1S/C16H14ClN3O/c1-11-4-3-9-19-15(11)16(21)20-14-10-12(5-2-8-18)6-7-13(14)17/h3-4,6-7,9-10H,8,18H2,1H3,(H,20,21). The summed E-state index contributed by atoms with van der Waals surface area (Å²) in [5, 5.41) is 3.19. The van der Waals surface area contributed by atoms with E-state index in [1.165, 1.54) is 0 Å². The Hall–Kier alpha value is -2.35. The molecule has 21 heavy (non-hydrogen) atoms. The number of aromatic nitrogens is 1. The molecule has 1 aromatic heterocycles. The minimum absolute atomic E-state index is 0.275. The van der Waals surface area contributed by atoms with Crippen molar-refractivity contribution in [2.24, 2.45) is 5.73 Å². The largest absolute Gasteiger partial charge is 0.320 e. The van der Waals surface area contributed by atoms with E-state index in [2.05, 4.69) is 22.1 Å².